The molecule has 0 spiro atoms. The summed E-state index contributed by atoms with van der Waals surface area (Å²) in [7, 11) is 0. The van der Waals surface area contributed by atoms with Crippen LogP contribution in [0.3, 0.4) is 0 Å². The van der Waals surface area contributed by atoms with Crippen LogP contribution in [0, 0.1) is 30.6 Å². The molecule has 10 heteroatoms. The van der Waals surface area contributed by atoms with Gasteiger partial charge in [0.05, 0.1) is 10.2 Å². The summed E-state index contributed by atoms with van der Waals surface area (Å²) in [5, 5.41) is 29.5. The standard InChI is InChI=1S/Ca.Li.2NO3.H/c;;2*2-1(3)4;/q+2;;2*-1;. The van der Waals surface area contributed by atoms with Gasteiger partial charge < -0.3 is 30.6 Å². The number of nitrogens with zero attached hydrogens (tertiary/aromatic N) is 2. The fraction of sp³-hybridized carbons (Fsp3) is 0. The van der Waals surface area contributed by atoms with Crippen molar-refractivity contribution in [2.45, 2.75) is 0 Å². The molecule has 0 saturated carbocycles. The molecule has 0 radical (unpaired) electrons. The van der Waals surface area contributed by atoms with Crippen molar-refractivity contribution in [1.29, 1.82) is 0 Å². The fourth-order valence-corrected chi connectivity index (χ4v) is 0. The van der Waals surface area contributed by atoms with Crippen LogP contribution in [0.25, 0.3) is 0 Å². The third-order valence-electron chi connectivity index (χ3n) is 0. The molecular formula is HCaLiN2O6. The van der Waals surface area contributed by atoms with Crippen LogP contribution in [0.1, 0.15) is 0 Å². The van der Waals surface area contributed by atoms with Gasteiger partial charge in [-0.15, -0.1) is 0 Å². The van der Waals surface area contributed by atoms with E-state index < -0.39 is 10.2 Å². The zero-order valence-electron chi connectivity index (χ0n) is 4.05. The van der Waals surface area contributed by atoms with Gasteiger partial charge in [-0.25, -0.2) is 0 Å². The molecule has 0 aliphatic heterocycles. The van der Waals surface area contributed by atoms with Crippen molar-refractivity contribution in [3.05, 3.63) is 30.6 Å². The van der Waals surface area contributed by atoms with Gasteiger partial charge in [0, 0.05) is 0 Å². The van der Waals surface area contributed by atoms with Crippen molar-refractivity contribution >= 4 is 56.6 Å². The predicted octanol–water partition coefficient (Wildman–Crippen LogP) is -1.51. The Morgan fingerprint density at radius 1 is 0.800 bits per heavy atom. The van der Waals surface area contributed by atoms with Crippen molar-refractivity contribution in [1.82, 2.24) is 0 Å². The van der Waals surface area contributed by atoms with Gasteiger partial charge >= 0.3 is 56.6 Å². The molecular weight excluding hydrogens is 171 g/mol. The van der Waals surface area contributed by atoms with E-state index >= 15 is 0 Å². The summed E-state index contributed by atoms with van der Waals surface area (Å²) in [6, 6.07) is 0. The Balaban J connectivity index is -0.0000000300. The molecule has 0 aromatic carbocycles. The average Bonchev–Trinajstić information content (AvgIpc) is 1.25. The van der Waals surface area contributed by atoms with Crippen molar-refractivity contribution in [3.8, 4) is 0 Å². The van der Waals surface area contributed by atoms with Crippen LogP contribution < -0.4 is 0 Å². The van der Waals surface area contributed by atoms with Crippen LogP contribution in [0.5, 0.6) is 0 Å². The van der Waals surface area contributed by atoms with Gasteiger partial charge in [-0.05, 0) is 0 Å². The zero-order chi connectivity index (χ0) is 7.15. The number of hydrogen-bond donors (Lipinski definition) is 0. The summed E-state index contributed by atoms with van der Waals surface area (Å²) >= 11 is 0. The molecule has 0 amide bonds. The molecule has 0 rings (SSSR count). The Morgan fingerprint density at radius 2 is 0.800 bits per heavy atom. The second-order valence-electron chi connectivity index (χ2n) is 0.447. The van der Waals surface area contributed by atoms with Crippen LogP contribution in [0.4, 0.5) is 0 Å². The van der Waals surface area contributed by atoms with Gasteiger partial charge in [-0.3, -0.25) is 0 Å². The van der Waals surface area contributed by atoms with E-state index in [-0.39, 0.29) is 56.6 Å². The molecule has 0 aromatic heterocycles. The van der Waals surface area contributed by atoms with E-state index in [2.05, 4.69) is 0 Å². The minimum absolute atomic E-state index is 0. The quantitative estimate of drug-likeness (QED) is 0.248. The fourth-order valence-electron chi connectivity index (χ4n) is 0. The summed E-state index contributed by atoms with van der Waals surface area (Å²) in [5.41, 5.74) is 0. The van der Waals surface area contributed by atoms with Crippen LogP contribution in [-0.4, -0.2) is 66.8 Å². The van der Waals surface area contributed by atoms with Gasteiger partial charge in [-0.1, -0.05) is 0 Å². The van der Waals surface area contributed by atoms with E-state index in [4.69, 9.17) is 30.6 Å². The number of hydrogen-bond acceptors (Lipinski definition) is 6. The molecule has 10 heavy (non-hydrogen) atoms. The first-order valence-corrected chi connectivity index (χ1v) is 1.10. The summed E-state index contributed by atoms with van der Waals surface area (Å²) in [4.78, 5) is 16.5. The Labute approximate surface area is 96.6 Å². The third-order valence-corrected chi connectivity index (χ3v) is 0. The van der Waals surface area contributed by atoms with E-state index in [1.807, 2.05) is 0 Å². The first kappa shape index (κ1) is 22.5. The molecule has 0 atom stereocenters. The SMILES string of the molecule is O=[N+]([O-])[O-].O=[N+]([O-])[O-].[Ca+2].[LiH]. The second kappa shape index (κ2) is 16.1. The van der Waals surface area contributed by atoms with Gasteiger partial charge in [0.1, 0.15) is 0 Å². The molecule has 50 valence electrons. The van der Waals surface area contributed by atoms with Crippen molar-refractivity contribution < 1.29 is 10.2 Å². The Bertz CT molecular complexity index is 73.7. The first-order valence-electron chi connectivity index (χ1n) is 1.10. The molecule has 0 saturated heterocycles. The van der Waals surface area contributed by atoms with Gasteiger partial charge in [-0.2, -0.15) is 0 Å². The van der Waals surface area contributed by atoms with Gasteiger partial charge in [0.2, 0.25) is 0 Å². The van der Waals surface area contributed by atoms with Crippen molar-refractivity contribution in [2.24, 2.45) is 0 Å². The molecule has 0 unspecified atom stereocenters. The maximum atomic E-state index is 8.25. The molecule has 0 aliphatic carbocycles. The van der Waals surface area contributed by atoms with Gasteiger partial charge in [0.15, 0.2) is 0 Å². The van der Waals surface area contributed by atoms with E-state index in [0.29, 0.717) is 0 Å². The summed E-state index contributed by atoms with van der Waals surface area (Å²) < 4.78 is 0. The van der Waals surface area contributed by atoms with E-state index in [0.717, 1.165) is 0 Å². The molecule has 0 heterocycles. The van der Waals surface area contributed by atoms with E-state index in [9.17, 15) is 0 Å². The maximum absolute atomic E-state index is 8.25. The molecule has 0 fully saturated rings. The van der Waals surface area contributed by atoms with E-state index in [1.54, 1.807) is 0 Å². The summed E-state index contributed by atoms with van der Waals surface area (Å²) in [6.45, 7) is 0. The van der Waals surface area contributed by atoms with Gasteiger partial charge in [0.25, 0.3) is 0 Å². The van der Waals surface area contributed by atoms with Crippen LogP contribution >= 0.6 is 0 Å². The zero-order valence-corrected chi connectivity index (χ0v) is 6.26. The second-order valence-corrected chi connectivity index (χ2v) is 0.447. The molecule has 0 N–H and O–H groups in total. The third kappa shape index (κ3) is 6580. The predicted molar refractivity (Wildman–Crippen MR) is 33.6 cm³/mol. The van der Waals surface area contributed by atoms with Crippen molar-refractivity contribution in [2.75, 3.05) is 0 Å². The molecule has 0 aliphatic rings. The normalized spacial score (nSPS) is 4.80. The Morgan fingerprint density at radius 3 is 0.800 bits per heavy atom. The Hall–Kier alpha value is 0.257. The number of rotatable bonds is 0. The van der Waals surface area contributed by atoms with Crippen molar-refractivity contribution in [3.63, 3.8) is 0 Å². The molecule has 8 nitrogen and oxygen atoms in total. The van der Waals surface area contributed by atoms with Crippen LogP contribution in [0.2, 0.25) is 0 Å². The monoisotopic (exact) mass is 172 g/mol. The minimum atomic E-state index is -1.75. The average molecular weight is 172 g/mol. The van der Waals surface area contributed by atoms with E-state index in [1.165, 1.54) is 0 Å². The van der Waals surface area contributed by atoms with Crippen LogP contribution in [0.15, 0.2) is 0 Å². The first-order chi connectivity index (χ1) is 3.46. The molecule has 0 bridgehead atoms. The Kier molecular flexibility index (Phi) is 36.2. The topological polar surface area (TPSA) is 132 Å². The summed E-state index contributed by atoms with van der Waals surface area (Å²) in [6.07, 6.45) is 0. The van der Waals surface area contributed by atoms with Crippen LogP contribution in [-0.2, 0) is 0 Å². The summed E-state index contributed by atoms with van der Waals surface area (Å²) in [5.74, 6) is 0. The molecule has 0 aromatic rings.